The van der Waals surface area contributed by atoms with Crippen LogP contribution in [0.5, 0.6) is 0 Å². The molecule has 1 fully saturated rings. The van der Waals surface area contributed by atoms with Crippen molar-refractivity contribution < 1.29 is 18.7 Å². The molecule has 0 bridgehead atoms. The van der Waals surface area contributed by atoms with Gasteiger partial charge in [0.15, 0.2) is 17.8 Å². The number of ketones is 1. The Balaban J connectivity index is 1.40. The van der Waals surface area contributed by atoms with Gasteiger partial charge in [-0.1, -0.05) is 55.7 Å². The molecule has 1 saturated carbocycles. The molecular formula is C24H22O5. The molecule has 29 heavy (non-hydrogen) atoms. The molecule has 4 rings (SSSR count). The van der Waals surface area contributed by atoms with Crippen molar-refractivity contribution >= 4 is 22.7 Å². The molecule has 0 N–H and O–H groups in total. The first-order valence-electron chi connectivity index (χ1n) is 9.95. The minimum atomic E-state index is -0.833. The van der Waals surface area contributed by atoms with Crippen molar-refractivity contribution in [2.24, 2.45) is 0 Å². The van der Waals surface area contributed by atoms with Gasteiger partial charge in [-0.05, 0) is 36.5 Å². The number of fused-ring (bicyclic) bond motifs is 1. The molecule has 5 nitrogen and oxygen atoms in total. The third kappa shape index (κ3) is 4.29. The minimum absolute atomic E-state index is 0.214. The van der Waals surface area contributed by atoms with Crippen LogP contribution in [0.25, 0.3) is 11.0 Å². The lowest BCUT2D eigenvalue weighted by Gasteiger charge is -2.22. The Bertz CT molecular complexity index is 1090. The van der Waals surface area contributed by atoms with Crippen LogP contribution in [0.1, 0.15) is 64.5 Å². The van der Waals surface area contributed by atoms with Gasteiger partial charge < -0.3 is 9.15 Å². The van der Waals surface area contributed by atoms with E-state index in [9.17, 15) is 14.4 Å². The Morgan fingerprint density at radius 1 is 0.966 bits per heavy atom. The highest BCUT2D eigenvalue weighted by Crippen LogP contribution is 2.32. The van der Waals surface area contributed by atoms with Gasteiger partial charge in [0.05, 0.1) is 5.39 Å². The molecule has 0 amide bonds. The van der Waals surface area contributed by atoms with Gasteiger partial charge in [-0.25, -0.2) is 4.79 Å². The summed E-state index contributed by atoms with van der Waals surface area (Å²) >= 11 is 0. The van der Waals surface area contributed by atoms with Gasteiger partial charge in [-0.3, -0.25) is 9.59 Å². The first-order chi connectivity index (χ1) is 14.1. The standard InChI is InChI=1S/C24H22O5/c25-20-14-23(29-22-9-5-4-8-19(20)22)24(27)28-15-21(26)18-12-10-17(11-13-18)16-6-2-1-3-7-16/h4-5,8-14,16H,1-3,6-7,15H2. The smallest absolute Gasteiger partial charge is 0.374 e. The first-order valence-corrected chi connectivity index (χ1v) is 9.95. The number of hydrogen-bond donors (Lipinski definition) is 0. The monoisotopic (exact) mass is 390 g/mol. The minimum Gasteiger partial charge on any atom is -0.451 e. The van der Waals surface area contributed by atoms with Crippen molar-refractivity contribution in [1.29, 1.82) is 0 Å². The molecule has 0 atom stereocenters. The quantitative estimate of drug-likeness (QED) is 0.458. The van der Waals surface area contributed by atoms with E-state index in [-0.39, 0.29) is 17.0 Å². The largest absolute Gasteiger partial charge is 0.451 e. The Hall–Kier alpha value is -3.21. The number of rotatable bonds is 5. The summed E-state index contributed by atoms with van der Waals surface area (Å²) in [6.45, 7) is -0.405. The van der Waals surface area contributed by atoms with Crippen LogP contribution in [-0.4, -0.2) is 18.4 Å². The molecule has 0 aliphatic heterocycles. The maximum Gasteiger partial charge on any atom is 0.374 e. The van der Waals surface area contributed by atoms with Crippen molar-refractivity contribution in [3.8, 4) is 0 Å². The summed E-state index contributed by atoms with van der Waals surface area (Å²) in [6.07, 6.45) is 6.21. The number of benzene rings is 2. The normalized spacial score (nSPS) is 14.6. The molecule has 0 unspecified atom stereocenters. The van der Waals surface area contributed by atoms with Crippen LogP contribution >= 0.6 is 0 Å². The maximum absolute atomic E-state index is 12.4. The van der Waals surface area contributed by atoms with E-state index < -0.39 is 12.6 Å². The highest BCUT2D eigenvalue weighted by Gasteiger charge is 2.18. The number of para-hydroxylation sites is 1. The summed E-state index contributed by atoms with van der Waals surface area (Å²) in [4.78, 5) is 36.7. The molecule has 1 aliphatic rings. The SMILES string of the molecule is O=C(COC(=O)c1cc(=O)c2ccccc2o1)c1ccc(C2CCCCC2)cc1. The number of hydrogen-bond acceptors (Lipinski definition) is 5. The van der Waals surface area contributed by atoms with Gasteiger partial charge >= 0.3 is 5.97 Å². The molecule has 0 radical (unpaired) electrons. The van der Waals surface area contributed by atoms with E-state index >= 15 is 0 Å². The molecule has 1 aliphatic carbocycles. The van der Waals surface area contributed by atoms with E-state index in [2.05, 4.69) is 0 Å². The molecule has 1 heterocycles. The molecule has 148 valence electrons. The third-order valence-electron chi connectivity index (χ3n) is 5.48. The zero-order chi connectivity index (χ0) is 20.2. The van der Waals surface area contributed by atoms with Gasteiger partial charge in [-0.15, -0.1) is 0 Å². The second-order valence-corrected chi connectivity index (χ2v) is 7.43. The van der Waals surface area contributed by atoms with Gasteiger partial charge in [0.25, 0.3) is 0 Å². The number of Topliss-reactive ketones (excluding diaryl/α,β-unsaturated/α-hetero) is 1. The summed E-state index contributed by atoms with van der Waals surface area (Å²) in [5, 5.41) is 0.387. The summed E-state index contributed by atoms with van der Waals surface area (Å²) in [6, 6.07) is 15.3. The van der Waals surface area contributed by atoms with Crippen LogP contribution in [0, 0.1) is 0 Å². The van der Waals surface area contributed by atoms with Crippen LogP contribution in [0.3, 0.4) is 0 Å². The van der Waals surface area contributed by atoms with Crippen molar-refractivity contribution in [3.63, 3.8) is 0 Å². The fourth-order valence-corrected chi connectivity index (χ4v) is 3.87. The summed E-state index contributed by atoms with van der Waals surface area (Å²) in [7, 11) is 0. The van der Waals surface area contributed by atoms with E-state index in [4.69, 9.17) is 9.15 Å². The molecule has 5 heteroatoms. The Morgan fingerprint density at radius 2 is 1.69 bits per heavy atom. The van der Waals surface area contributed by atoms with Crippen LogP contribution in [0.15, 0.2) is 63.8 Å². The van der Waals surface area contributed by atoms with Crippen molar-refractivity contribution in [2.45, 2.75) is 38.0 Å². The average molecular weight is 390 g/mol. The molecular weight excluding hydrogens is 368 g/mol. The van der Waals surface area contributed by atoms with E-state index in [0.717, 1.165) is 6.07 Å². The molecule has 1 aromatic heterocycles. The van der Waals surface area contributed by atoms with Gasteiger partial charge in [0, 0.05) is 11.6 Å². The zero-order valence-electron chi connectivity index (χ0n) is 16.1. The topological polar surface area (TPSA) is 73.6 Å². The van der Waals surface area contributed by atoms with Crippen LogP contribution in [0.4, 0.5) is 0 Å². The van der Waals surface area contributed by atoms with E-state index in [1.165, 1.54) is 37.7 Å². The maximum atomic E-state index is 12.4. The van der Waals surface area contributed by atoms with Crippen LogP contribution < -0.4 is 5.43 Å². The number of carbonyl (C=O) groups excluding carboxylic acids is 2. The highest BCUT2D eigenvalue weighted by atomic mass is 16.5. The average Bonchev–Trinajstić information content (AvgIpc) is 2.78. The van der Waals surface area contributed by atoms with Crippen molar-refractivity contribution in [3.05, 3.63) is 81.7 Å². The predicted molar refractivity (Wildman–Crippen MR) is 109 cm³/mol. The molecule has 3 aromatic rings. The van der Waals surface area contributed by atoms with E-state index in [1.54, 1.807) is 36.4 Å². The summed E-state index contributed by atoms with van der Waals surface area (Å²) < 4.78 is 10.5. The number of ether oxygens (including phenoxy) is 1. The fraction of sp³-hybridized carbons (Fsp3) is 0.292. The predicted octanol–water partition coefficient (Wildman–Crippen LogP) is 4.88. The molecule has 0 spiro atoms. The Morgan fingerprint density at radius 3 is 2.45 bits per heavy atom. The van der Waals surface area contributed by atoms with Crippen molar-refractivity contribution in [2.75, 3.05) is 6.61 Å². The lowest BCUT2D eigenvalue weighted by atomic mass is 9.84. The third-order valence-corrected chi connectivity index (χ3v) is 5.48. The second kappa shape index (κ2) is 8.43. The van der Waals surface area contributed by atoms with E-state index in [1.807, 2.05) is 12.1 Å². The zero-order valence-corrected chi connectivity index (χ0v) is 16.1. The second-order valence-electron chi connectivity index (χ2n) is 7.43. The van der Waals surface area contributed by atoms with Gasteiger partial charge in [-0.2, -0.15) is 0 Å². The van der Waals surface area contributed by atoms with Crippen LogP contribution in [-0.2, 0) is 4.74 Å². The molecule has 0 saturated heterocycles. The lowest BCUT2D eigenvalue weighted by Crippen LogP contribution is -2.16. The fourth-order valence-electron chi connectivity index (χ4n) is 3.87. The summed E-state index contributed by atoms with van der Waals surface area (Å²) in [5.74, 6) is -0.771. The first kappa shape index (κ1) is 19.1. The van der Waals surface area contributed by atoms with E-state index in [0.29, 0.717) is 22.5 Å². The summed E-state index contributed by atoms with van der Waals surface area (Å²) in [5.41, 5.74) is 1.73. The van der Waals surface area contributed by atoms with Crippen molar-refractivity contribution in [1.82, 2.24) is 0 Å². The van der Waals surface area contributed by atoms with Gasteiger partial charge in [0.1, 0.15) is 5.58 Å². The van der Waals surface area contributed by atoms with Gasteiger partial charge in [0.2, 0.25) is 5.76 Å². The Kier molecular flexibility index (Phi) is 5.56. The number of esters is 1. The Labute approximate surface area is 168 Å². The number of carbonyl (C=O) groups is 2. The van der Waals surface area contributed by atoms with Crippen LogP contribution in [0.2, 0.25) is 0 Å². The lowest BCUT2D eigenvalue weighted by molar-refractivity contribution is 0.0444. The molecule has 2 aromatic carbocycles. The highest BCUT2D eigenvalue weighted by molar-refractivity contribution is 5.99.